The van der Waals surface area contributed by atoms with Crippen LogP contribution in [0.4, 0.5) is 4.39 Å². The Hall–Kier alpha value is -2.18. The number of H-pyrrole nitrogens is 1. The predicted octanol–water partition coefficient (Wildman–Crippen LogP) is 3.15. The number of pyridine rings is 1. The van der Waals surface area contributed by atoms with Crippen LogP contribution in [0.25, 0.3) is 10.9 Å². The summed E-state index contributed by atoms with van der Waals surface area (Å²) in [6.07, 6.45) is 1.00. The second-order valence-electron chi connectivity index (χ2n) is 4.61. The third kappa shape index (κ3) is 2.30. The number of hydrogen-bond donors (Lipinski definition) is 1. The van der Waals surface area contributed by atoms with E-state index < -0.39 is 26.0 Å². The molecule has 0 radical (unpaired) electrons. The maximum absolute atomic E-state index is 13.6. The Bertz CT molecular complexity index is 1040. The molecule has 0 fully saturated rings. The smallest absolute Gasteiger partial charge is 0.211 e. The van der Waals surface area contributed by atoms with Gasteiger partial charge in [-0.15, -0.1) is 0 Å². The van der Waals surface area contributed by atoms with E-state index in [4.69, 9.17) is 11.6 Å². The van der Waals surface area contributed by atoms with Crippen molar-refractivity contribution in [1.82, 2.24) is 4.98 Å². The summed E-state index contributed by atoms with van der Waals surface area (Å²) < 4.78 is 38.8. The zero-order valence-corrected chi connectivity index (χ0v) is 12.6. The van der Waals surface area contributed by atoms with Gasteiger partial charge in [0.15, 0.2) is 0 Å². The lowest BCUT2D eigenvalue weighted by molar-refractivity contribution is 0.595. The summed E-state index contributed by atoms with van der Waals surface area (Å²) in [4.78, 5) is 14.4. The standard InChI is InChI=1S/C15H9ClFNO3S/c16-9-3-1-4-10(7-9)22(20,21)13-8-18-14-11(15(13)19)5-2-6-12(14)17/h1-8H,(H,18,19). The topological polar surface area (TPSA) is 67.0 Å². The lowest BCUT2D eigenvalue weighted by Gasteiger charge is -2.06. The van der Waals surface area contributed by atoms with Gasteiger partial charge in [0.2, 0.25) is 15.3 Å². The minimum Gasteiger partial charge on any atom is -0.357 e. The molecule has 0 aliphatic heterocycles. The lowest BCUT2D eigenvalue weighted by Crippen LogP contribution is -2.16. The van der Waals surface area contributed by atoms with Crippen LogP contribution in [0.5, 0.6) is 0 Å². The van der Waals surface area contributed by atoms with Crippen LogP contribution in [0.1, 0.15) is 0 Å². The number of aromatic nitrogens is 1. The second-order valence-corrected chi connectivity index (χ2v) is 6.96. The highest BCUT2D eigenvalue weighted by molar-refractivity contribution is 7.91. The number of rotatable bonds is 2. The van der Waals surface area contributed by atoms with E-state index in [9.17, 15) is 17.6 Å². The van der Waals surface area contributed by atoms with E-state index in [0.717, 1.165) is 6.20 Å². The van der Waals surface area contributed by atoms with Crippen LogP contribution in [-0.2, 0) is 9.84 Å². The average Bonchev–Trinajstić information content (AvgIpc) is 2.48. The van der Waals surface area contributed by atoms with Gasteiger partial charge < -0.3 is 4.98 Å². The third-order valence-corrected chi connectivity index (χ3v) is 5.22. The number of aromatic amines is 1. The zero-order chi connectivity index (χ0) is 15.9. The first-order valence-electron chi connectivity index (χ1n) is 6.22. The molecule has 112 valence electrons. The van der Waals surface area contributed by atoms with Gasteiger partial charge in [0.25, 0.3) is 0 Å². The third-order valence-electron chi connectivity index (χ3n) is 3.23. The number of halogens is 2. The van der Waals surface area contributed by atoms with Crippen LogP contribution >= 0.6 is 11.6 Å². The van der Waals surface area contributed by atoms with Crippen LogP contribution in [0.3, 0.4) is 0 Å². The van der Waals surface area contributed by atoms with E-state index in [1.165, 1.54) is 42.5 Å². The van der Waals surface area contributed by atoms with E-state index in [2.05, 4.69) is 4.98 Å². The number of benzene rings is 2. The Labute approximate surface area is 130 Å². The predicted molar refractivity (Wildman–Crippen MR) is 81.4 cm³/mol. The second kappa shape index (κ2) is 5.23. The van der Waals surface area contributed by atoms with Gasteiger partial charge in [0.05, 0.1) is 10.4 Å². The van der Waals surface area contributed by atoms with Crippen LogP contribution in [0.2, 0.25) is 5.02 Å². The quantitative estimate of drug-likeness (QED) is 0.781. The molecular formula is C15H9ClFNO3S. The maximum atomic E-state index is 13.6. The van der Waals surface area contributed by atoms with Crippen molar-refractivity contribution in [3.8, 4) is 0 Å². The summed E-state index contributed by atoms with van der Waals surface area (Å²) in [5, 5.41) is 0.215. The molecule has 0 saturated heterocycles. The Morgan fingerprint density at radius 3 is 2.55 bits per heavy atom. The molecule has 0 atom stereocenters. The minimum absolute atomic E-state index is 0.0249. The molecule has 1 N–H and O–H groups in total. The summed E-state index contributed by atoms with van der Waals surface area (Å²) in [6.45, 7) is 0. The Morgan fingerprint density at radius 2 is 1.82 bits per heavy atom. The first-order chi connectivity index (χ1) is 10.4. The van der Waals surface area contributed by atoms with Crippen molar-refractivity contribution < 1.29 is 12.8 Å². The van der Waals surface area contributed by atoms with Crippen LogP contribution in [-0.4, -0.2) is 13.4 Å². The van der Waals surface area contributed by atoms with Crippen molar-refractivity contribution in [1.29, 1.82) is 0 Å². The van der Waals surface area contributed by atoms with E-state index >= 15 is 0 Å². The molecule has 0 bridgehead atoms. The van der Waals surface area contributed by atoms with Gasteiger partial charge in [0, 0.05) is 16.6 Å². The number of sulfone groups is 1. The molecule has 22 heavy (non-hydrogen) atoms. The molecule has 0 aliphatic rings. The summed E-state index contributed by atoms with van der Waals surface area (Å²) >= 11 is 5.79. The van der Waals surface area contributed by atoms with E-state index in [1.54, 1.807) is 0 Å². The highest BCUT2D eigenvalue weighted by Gasteiger charge is 2.23. The molecule has 2 aromatic carbocycles. The van der Waals surface area contributed by atoms with Gasteiger partial charge in [-0.2, -0.15) is 0 Å². The summed E-state index contributed by atoms with van der Waals surface area (Å²) in [7, 11) is -4.05. The molecule has 0 aliphatic carbocycles. The van der Waals surface area contributed by atoms with Crippen molar-refractivity contribution >= 4 is 32.3 Å². The van der Waals surface area contributed by atoms with Gasteiger partial charge in [-0.1, -0.05) is 23.7 Å². The first kappa shape index (κ1) is 14.7. The Morgan fingerprint density at radius 1 is 1.09 bits per heavy atom. The fraction of sp³-hybridized carbons (Fsp3) is 0. The van der Waals surface area contributed by atoms with Crippen molar-refractivity contribution in [3.63, 3.8) is 0 Å². The van der Waals surface area contributed by atoms with Gasteiger partial charge in [0.1, 0.15) is 10.7 Å². The molecule has 1 heterocycles. The Balaban J connectivity index is 2.31. The lowest BCUT2D eigenvalue weighted by atomic mass is 10.2. The summed E-state index contributed by atoms with van der Waals surface area (Å²) in [6, 6.07) is 9.51. The normalized spacial score (nSPS) is 11.7. The van der Waals surface area contributed by atoms with Gasteiger partial charge in [-0.3, -0.25) is 4.79 Å². The Kier molecular flexibility index (Phi) is 3.50. The van der Waals surface area contributed by atoms with Gasteiger partial charge in [-0.25, -0.2) is 12.8 Å². The monoisotopic (exact) mass is 337 g/mol. The fourth-order valence-corrected chi connectivity index (χ4v) is 3.77. The average molecular weight is 338 g/mol. The molecule has 7 heteroatoms. The molecule has 0 saturated carbocycles. The molecule has 3 rings (SSSR count). The molecule has 0 amide bonds. The number of nitrogens with one attached hydrogen (secondary N) is 1. The summed E-state index contributed by atoms with van der Waals surface area (Å²) in [5.74, 6) is -0.624. The fourth-order valence-electron chi connectivity index (χ4n) is 2.16. The van der Waals surface area contributed by atoms with E-state index in [0.29, 0.717) is 0 Å². The van der Waals surface area contributed by atoms with E-state index in [-0.39, 0.29) is 20.8 Å². The highest BCUT2D eigenvalue weighted by atomic mass is 35.5. The van der Waals surface area contributed by atoms with Gasteiger partial charge >= 0.3 is 0 Å². The van der Waals surface area contributed by atoms with Gasteiger partial charge in [-0.05, 0) is 30.3 Å². The van der Waals surface area contributed by atoms with Crippen molar-refractivity contribution in [2.75, 3.05) is 0 Å². The minimum atomic E-state index is -4.05. The molecule has 0 spiro atoms. The maximum Gasteiger partial charge on any atom is 0.211 e. The largest absolute Gasteiger partial charge is 0.357 e. The van der Waals surface area contributed by atoms with Crippen molar-refractivity contribution in [3.05, 3.63) is 69.7 Å². The summed E-state index contributed by atoms with van der Waals surface area (Å²) in [5.41, 5.74) is -0.786. The molecule has 3 aromatic rings. The van der Waals surface area contributed by atoms with Crippen molar-refractivity contribution in [2.24, 2.45) is 0 Å². The molecule has 4 nitrogen and oxygen atoms in total. The first-order valence-corrected chi connectivity index (χ1v) is 8.08. The number of fused-ring (bicyclic) bond motifs is 1. The van der Waals surface area contributed by atoms with Crippen LogP contribution in [0, 0.1) is 5.82 Å². The number of para-hydroxylation sites is 1. The number of hydrogen-bond acceptors (Lipinski definition) is 3. The molecule has 0 unspecified atom stereocenters. The zero-order valence-electron chi connectivity index (χ0n) is 11.0. The SMILES string of the molecule is O=c1c(S(=O)(=O)c2cccc(Cl)c2)c[nH]c2c(F)cccc12. The van der Waals surface area contributed by atoms with Crippen LogP contribution in [0.15, 0.2) is 63.2 Å². The molecular weight excluding hydrogens is 329 g/mol. The van der Waals surface area contributed by atoms with Crippen molar-refractivity contribution in [2.45, 2.75) is 9.79 Å². The van der Waals surface area contributed by atoms with E-state index in [1.807, 2.05) is 0 Å². The molecule has 1 aromatic heterocycles. The van der Waals surface area contributed by atoms with Crippen LogP contribution < -0.4 is 5.43 Å². The highest BCUT2D eigenvalue weighted by Crippen LogP contribution is 2.22.